The molecule has 0 aliphatic rings. The number of hydrogen-bond donors (Lipinski definition) is 0. The number of nitrogens with zero attached hydrogens (tertiary/aromatic N) is 4. The maximum atomic E-state index is 5.58. The summed E-state index contributed by atoms with van der Waals surface area (Å²) in [4.78, 5) is 11.0. The van der Waals surface area contributed by atoms with E-state index in [-0.39, 0.29) is 0 Å². The number of fused-ring (bicyclic) bond motifs is 12. The summed E-state index contributed by atoms with van der Waals surface area (Å²) in [6.45, 7) is 2.10. The molecule has 0 N–H and O–H groups in total. The molecule has 266 valence electrons. The molecule has 0 radical (unpaired) electrons. The molecule has 4 heteroatoms. The second-order valence-electron chi connectivity index (χ2n) is 15.0. The molecular weight excluding hydrogens is 693 g/mol. The number of aromatic nitrogens is 4. The largest absolute Gasteiger partial charge is 0.309 e. The zero-order chi connectivity index (χ0) is 37.6. The first kappa shape index (κ1) is 31.8. The third-order valence-electron chi connectivity index (χ3n) is 11.8. The summed E-state index contributed by atoms with van der Waals surface area (Å²) in [6, 6.07) is 67.8. The van der Waals surface area contributed by atoms with Crippen LogP contribution in [-0.2, 0) is 0 Å². The number of rotatable bonds is 4. The second kappa shape index (κ2) is 12.2. The van der Waals surface area contributed by atoms with Gasteiger partial charge < -0.3 is 9.13 Å². The molecule has 0 saturated carbocycles. The number of hydrogen-bond acceptors (Lipinski definition) is 2. The van der Waals surface area contributed by atoms with Gasteiger partial charge >= 0.3 is 0 Å². The minimum Gasteiger partial charge on any atom is -0.309 e. The molecule has 9 aromatic carbocycles. The monoisotopic (exact) mass is 726 g/mol. The van der Waals surface area contributed by atoms with Gasteiger partial charge in [0.2, 0.25) is 0 Å². The van der Waals surface area contributed by atoms with Crippen LogP contribution >= 0.6 is 0 Å². The van der Waals surface area contributed by atoms with Gasteiger partial charge in [0.05, 0.1) is 44.5 Å². The molecule has 0 unspecified atom stereocenters. The number of aryl methyl sites for hydroxylation is 1. The SMILES string of the molecule is Cc1nc2c3ccccc3c3ccccc3c2nc1-c1cc(-n2c3ccccc3c3ccccc32)cc(-n2c3ccccc3c3cc(-c4ccccc4)ccc32)c1. The van der Waals surface area contributed by atoms with Crippen LogP contribution in [0.25, 0.3) is 110 Å². The molecule has 3 heterocycles. The van der Waals surface area contributed by atoms with Gasteiger partial charge in [0.15, 0.2) is 0 Å². The highest BCUT2D eigenvalue weighted by molar-refractivity contribution is 6.23. The van der Waals surface area contributed by atoms with Crippen LogP contribution in [0.4, 0.5) is 0 Å². The fourth-order valence-corrected chi connectivity index (χ4v) is 9.27. The first-order valence-electron chi connectivity index (χ1n) is 19.5. The molecule has 3 aromatic heterocycles. The molecule has 12 aromatic rings. The van der Waals surface area contributed by atoms with Crippen LogP contribution in [0.2, 0.25) is 0 Å². The van der Waals surface area contributed by atoms with Gasteiger partial charge in [-0.15, -0.1) is 0 Å². The maximum Gasteiger partial charge on any atom is 0.0979 e. The Hall–Kier alpha value is -7.56. The van der Waals surface area contributed by atoms with Crippen molar-refractivity contribution >= 4 is 76.2 Å². The Morgan fingerprint density at radius 1 is 0.316 bits per heavy atom. The summed E-state index contributed by atoms with van der Waals surface area (Å²) in [5.74, 6) is 0. The number of benzene rings is 9. The second-order valence-corrected chi connectivity index (χ2v) is 15.0. The average Bonchev–Trinajstić information content (AvgIpc) is 3.79. The summed E-state index contributed by atoms with van der Waals surface area (Å²) in [5, 5.41) is 9.49. The standard InChI is InChI=1S/C53H34N4/c1-33-51(55-53-45-23-8-6-18-40(45)39-17-5-7-22-44(39)52(53)54-33)36-29-37(56-47-24-12-9-19-41(47)42-20-10-13-25-48(42)56)32-38(30-36)57-49-26-14-11-21-43(49)46-31-35(27-28-50(46)57)34-15-3-2-4-16-34/h2-32H,1H3. The summed E-state index contributed by atoms with van der Waals surface area (Å²) in [7, 11) is 0. The van der Waals surface area contributed by atoms with E-state index < -0.39 is 0 Å². The molecule has 0 saturated heterocycles. The Morgan fingerprint density at radius 3 is 1.32 bits per heavy atom. The Labute approximate surface area is 328 Å². The van der Waals surface area contributed by atoms with Crippen LogP contribution < -0.4 is 0 Å². The summed E-state index contributed by atoms with van der Waals surface area (Å²) in [6.07, 6.45) is 0. The van der Waals surface area contributed by atoms with Crippen LogP contribution in [0.1, 0.15) is 5.69 Å². The highest BCUT2D eigenvalue weighted by Crippen LogP contribution is 2.40. The Kier molecular flexibility index (Phi) is 6.81. The minimum absolute atomic E-state index is 0.874. The lowest BCUT2D eigenvalue weighted by atomic mass is 9.99. The third kappa shape index (κ3) is 4.74. The highest BCUT2D eigenvalue weighted by atomic mass is 15.0. The minimum atomic E-state index is 0.874. The number of para-hydroxylation sites is 3. The molecule has 0 amide bonds. The molecule has 0 bridgehead atoms. The fourth-order valence-electron chi connectivity index (χ4n) is 9.27. The topological polar surface area (TPSA) is 35.6 Å². The van der Waals surface area contributed by atoms with E-state index in [1.54, 1.807) is 0 Å². The Balaban J connectivity index is 1.19. The van der Waals surface area contributed by atoms with Crippen LogP contribution in [0.15, 0.2) is 188 Å². The average molecular weight is 727 g/mol. The lowest BCUT2D eigenvalue weighted by Gasteiger charge is -2.17. The van der Waals surface area contributed by atoms with Gasteiger partial charge in [0.25, 0.3) is 0 Å². The molecule has 0 fully saturated rings. The van der Waals surface area contributed by atoms with E-state index in [1.807, 2.05) is 0 Å². The van der Waals surface area contributed by atoms with E-state index >= 15 is 0 Å². The summed E-state index contributed by atoms with van der Waals surface area (Å²) >= 11 is 0. The van der Waals surface area contributed by atoms with E-state index in [0.29, 0.717) is 0 Å². The van der Waals surface area contributed by atoms with Crippen LogP contribution in [-0.4, -0.2) is 19.1 Å². The third-order valence-corrected chi connectivity index (χ3v) is 11.8. The van der Waals surface area contributed by atoms with Crippen LogP contribution in [0, 0.1) is 6.92 Å². The van der Waals surface area contributed by atoms with Crippen molar-refractivity contribution in [1.82, 2.24) is 19.1 Å². The molecule has 4 nitrogen and oxygen atoms in total. The van der Waals surface area contributed by atoms with E-state index in [4.69, 9.17) is 9.97 Å². The quantitative estimate of drug-likeness (QED) is 0.169. The van der Waals surface area contributed by atoms with E-state index in [0.717, 1.165) is 72.2 Å². The molecule has 12 rings (SSSR count). The fraction of sp³-hybridized carbons (Fsp3) is 0.0189. The zero-order valence-corrected chi connectivity index (χ0v) is 31.2. The van der Waals surface area contributed by atoms with Crippen molar-refractivity contribution in [3.8, 4) is 33.8 Å². The molecular formula is C53H34N4. The highest BCUT2D eigenvalue weighted by Gasteiger charge is 2.20. The lowest BCUT2D eigenvalue weighted by molar-refractivity contribution is 1.13. The molecule has 0 atom stereocenters. The Bertz CT molecular complexity index is 3540. The van der Waals surface area contributed by atoms with Crippen LogP contribution in [0.3, 0.4) is 0 Å². The van der Waals surface area contributed by atoms with E-state index in [9.17, 15) is 0 Å². The van der Waals surface area contributed by atoms with Crippen molar-refractivity contribution in [2.75, 3.05) is 0 Å². The lowest BCUT2D eigenvalue weighted by Crippen LogP contribution is -2.02. The predicted octanol–water partition coefficient (Wildman–Crippen LogP) is 13.8. The van der Waals surface area contributed by atoms with Gasteiger partial charge in [0, 0.05) is 49.3 Å². The Morgan fingerprint density at radius 2 is 0.754 bits per heavy atom. The predicted molar refractivity (Wildman–Crippen MR) is 239 cm³/mol. The van der Waals surface area contributed by atoms with Gasteiger partial charge in [0.1, 0.15) is 0 Å². The molecule has 0 aliphatic heterocycles. The van der Waals surface area contributed by atoms with Gasteiger partial charge in [-0.2, -0.15) is 0 Å². The zero-order valence-electron chi connectivity index (χ0n) is 31.2. The molecule has 0 spiro atoms. The molecule has 57 heavy (non-hydrogen) atoms. The van der Waals surface area contributed by atoms with E-state index in [2.05, 4.69) is 204 Å². The maximum absolute atomic E-state index is 5.58. The van der Waals surface area contributed by atoms with Crippen molar-refractivity contribution in [2.45, 2.75) is 6.92 Å². The van der Waals surface area contributed by atoms with Gasteiger partial charge in [-0.3, -0.25) is 0 Å². The van der Waals surface area contributed by atoms with Crippen molar-refractivity contribution in [2.24, 2.45) is 0 Å². The van der Waals surface area contributed by atoms with Gasteiger partial charge in [-0.1, -0.05) is 140 Å². The normalized spacial score (nSPS) is 11.9. The van der Waals surface area contributed by atoms with Crippen molar-refractivity contribution < 1.29 is 0 Å². The molecule has 0 aliphatic carbocycles. The van der Waals surface area contributed by atoms with Gasteiger partial charge in [-0.05, 0) is 77.4 Å². The summed E-state index contributed by atoms with van der Waals surface area (Å²) < 4.78 is 4.83. The van der Waals surface area contributed by atoms with Crippen molar-refractivity contribution in [3.63, 3.8) is 0 Å². The van der Waals surface area contributed by atoms with Crippen molar-refractivity contribution in [1.29, 1.82) is 0 Å². The van der Waals surface area contributed by atoms with Gasteiger partial charge in [-0.25, -0.2) is 9.97 Å². The smallest absolute Gasteiger partial charge is 0.0979 e. The summed E-state index contributed by atoms with van der Waals surface area (Å²) in [5.41, 5.74) is 13.8. The van der Waals surface area contributed by atoms with E-state index in [1.165, 1.54) is 43.4 Å². The van der Waals surface area contributed by atoms with Crippen LogP contribution in [0.5, 0.6) is 0 Å². The van der Waals surface area contributed by atoms with Crippen molar-refractivity contribution in [3.05, 3.63) is 194 Å². The first-order valence-corrected chi connectivity index (χ1v) is 19.5. The first-order chi connectivity index (χ1) is 28.2.